The van der Waals surface area contributed by atoms with Crippen LogP contribution in [0.1, 0.15) is 24.2 Å². The summed E-state index contributed by atoms with van der Waals surface area (Å²) in [6.45, 7) is 2.86. The minimum absolute atomic E-state index is 0.105. The van der Waals surface area contributed by atoms with Crippen molar-refractivity contribution in [1.82, 2.24) is 0 Å². The van der Waals surface area contributed by atoms with E-state index in [0.29, 0.717) is 22.9 Å². The first-order valence-corrected chi connectivity index (χ1v) is 11.5. The fourth-order valence-corrected chi connectivity index (χ4v) is 4.39. The van der Waals surface area contributed by atoms with E-state index < -0.39 is 38.6 Å². The minimum atomic E-state index is -4.09. The van der Waals surface area contributed by atoms with Gasteiger partial charge in [-0.2, -0.15) is 0 Å². The summed E-state index contributed by atoms with van der Waals surface area (Å²) in [5, 5.41) is 1.04. The second-order valence-electron chi connectivity index (χ2n) is 7.43. The molecular weight excluding hydrogens is 436 g/mol. The predicted octanol–water partition coefficient (Wildman–Crippen LogP) is 2.06. The van der Waals surface area contributed by atoms with Crippen LogP contribution in [0.3, 0.4) is 0 Å². The maximum absolute atomic E-state index is 12.9. The van der Waals surface area contributed by atoms with E-state index in [1.165, 1.54) is 37.1 Å². The number of Topliss-reactive ketones (excluding diaryl/α,β-unsaturated/α-hetero) is 1. The molecule has 0 bridgehead atoms. The van der Waals surface area contributed by atoms with Gasteiger partial charge in [-0.3, -0.25) is 14.4 Å². The molecule has 170 valence electrons. The Kier molecular flexibility index (Phi) is 6.54. The van der Waals surface area contributed by atoms with Gasteiger partial charge in [0.15, 0.2) is 21.7 Å². The van der Waals surface area contributed by atoms with Crippen LogP contribution < -0.4 is 19.7 Å². The smallest absolute Gasteiger partial charge is 0.267 e. The second kappa shape index (κ2) is 8.99. The van der Waals surface area contributed by atoms with Crippen LogP contribution in [0.4, 0.5) is 11.4 Å². The molecular formula is C22H24N2O7S. The van der Waals surface area contributed by atoms with Gasteiger partial charge in [0.2, 0.25) is 5.91 Å². The van der Waals surface area contributed by atoms with Crippen molar-refractivity contribution in [3.63, 3.8) is 0 Å². The fourth-order valence-electron chi connectivity index (χ4n) is 3.24. The van der Waals surface area contributed by atoms with Crippen molar-refractivity contribution in [3.05, 3.63) is 48.0 Å². The SMILES string of the molecule is COc1ccc(NC(=O)CS(=O)(=O)C(C)C(=O)c2ccc3c(c2)N(C)C(=O)C(C)O3)cc1. The highest BCUT2D eigenvalue weighted by Gasteiger charge is 2.33. The average molecular weight is 461 g/mol. The summed E-state index contributed by atoms with van der Waals surface area (Å²) in [7, 11) is -1.03. The van der Waals surface area contributed by atoms with E-state index in [9.17, 15) is 22.8 Å². The average Bonchev–Trinajstić information content (AvgIpc) is 2.76. The Morgan fingerprint density at radius 3 is 2.47 bits per heavy atom. The molecule has 2 aromatic rings. The van der Waals surface area contributed by atoms with Gasteiger partial charge < -0.3 is 19.7 Å². The molecule has 0 spiro atoms. The molecule has 2 aromatic carbocycles. The highest BCUT2D eigenvalue weighted by molar-refractivity contribution is 7.93. The number of benzene rings is 2. The molecule has 1 heterocycles. The lowest BCUT2D eigenvalue weighted by Gasteiger charge is -2.30. The largest absolute Gasteiger partial charge is 0.497 e. The zero-order valence-electron chi connectivity index (χ0n) is 18.1. The molecule has 1 aliphatic heterocycles. The zero-order valence-corrected chi connectivity index (χ0v) is 18.9. The van der Waals surface area contributed by atoms with E-state index in [1.54, 1.807) is 38.2 Å². The summed E-state index contributed by atoms with van der Waals surface area (Å²) in [6, 6.07) is 10.8. The standard InChI is InChI=1S/C22H24N2O7S/c1-13-22(27)24(3)18-11-15(5-10-19(18)31-13)21(26)14(2)32(28,29)12-20(25)23-16-6-8-17(30-4)9-7-16/h5-11,13-14H,12H2,1-4H3,(H,23,25). The quantitative estimate of drug-likeness (QED) is 0.628. The number of hydrogen-bond acceptors (Lipinski definition) is 7. The number of likely N-dealkylation sites (N-methyl/N-ethyl adjacent to an activating group) is 1. The predicted molar refractivity (Wildman–Crippen MR) is 119 cm³/mol. The van der Waals surface area contributed by atoms with E-state index in [4.69, 9.17) is 9.47 Å². The molecule has 1 N–H and O–H groups in total. The molecule has 0 aliphatic carbocycles. The number of rotatable bonds is 7. The molecule has 2 amide bonds. The number of methoxy groups -OCH3 is 1. The minimum Gasteiger partial charge on any atom is -0.497 e. The summed E-state index contributed by atoms with van der Waals surface area (Å²) >= 11 is 0. The normalized spacial score (nSPS) is 16.6. The molecule has 2 atom stereocenters. The number of sulfone groups is 1. The fraction of sp³-hybridized carbons (Fsp3) is 0.318. The third-order valence-electron chi connectivity index (χ3n) is 5.20. The first-order chi connectivity index (χ1) is 15.0. The number of ether oxygens (including phenoxy) is 2. The maximum atomic E-state index is 12.9. The summed E-state index contributed by atoms with van der Waals surface area (Å²) in [6.07, 6.45) is -0.655. The molecule has 0 fully saturated rings. The van der Waals surface area contributed by atoms with Gasteiger partial charge in [0.1, 0.15) is 22.5 Å². The van der Waals surface area contributed by atoms with Crippen LogP contribution >= 0.6 is 0 Å². The van der Waals surface area contributed by atoms with Crippen molar-refractivity contribution in [3.8, 4) is 11.5 Å². The van der Waals surface area contributed by atoms with Crippen molar-refractivity contribution in [2.75, 3.05) is 30.1 Å². The Bertz CT molecular complexity index is 1160. The molecule has 32 heavy (non-hydrogen) atoms. The number of fused-ring (bicyclic) bond motifs is 1. The Hall–Kier alpha value is -3.40. The Morgan fingerprint density at radius 1 is 1.19 bits per heavy atom. The molecule has 10 heteroatoms. The highest BCUT2D eigenvalue weighted by Crippen LogP contribution is 2.34. The van der Waals surface area contributed by atoms with Gasteiger partial charge in [0.05, 0.1) is 12.8 Å². The summed E-state index contributed by atoms with van der Waals surface area (Å²) in [5.74, 6) is -1.55. The number of carbonyl (C=O) groups excluding carboxylic acids is 3. The number of amides is 2. The van der Waals surface area contributed by atoms with E-state index in [-0.39, 0.29) is 11.5 Å². The zero-order chi connectivity index (χ0) is 23.6. The monoisotopic (exact) mass is 460 g/mol. The summed E-state index contributed by atoms with van der Waals surface area (Å²) in [5.41, 5.74) is 0.885. The van der Waals surface area contributed by atoms with Crippen LogP contribution in [0.25, 0.3) is 0 Å². The third kappa shape index (κ3) is 4.75. The Labute approximate surface area is 186 Å². The molecule has 1 aliphatic rings. The van der Waals surface area contributed by atoms with Gasteiger partial charge in [-0.15, -0.1) is 0 Å². The molecule has 3 rings (SSSR count). The van der Waals surface area contributed by atoms with Crippen molar-refractivity contribution >= 4 is 38.8 Å². The Morgan fingerprint density at radius 2 is 1.84 bits per heavy atom. The number of nitrogens with zero attached hydrogens (tertiary/aromatic N) is 1. The number of carbonyl (C=O) groups is 3. The van der Waals surface area contributed by atoms with Crippen molar-refractivity contribution in [2.24, 2.45) is 0 Å². The topological polar surface area (TPSA) is 119 Å². The Balaban J connectivity index is 1.73. The van der Waals surface area contributed by atoms with Crippen LogP contribution in [0, 0.1) is 0 Å². The molecule has 2 unspecified atom stereocenters. The van der Waals surface area contributed by atoms with Crippen LogP contribution in [0.5, 0.6) is 11.5 Å². The number of anilines is 2. The molecule has 0 radical (unpaired) electrons. The van der Waals surface area contributed by atoms with E-state index in [1.807, 2.05) is 0 Å². The molecule has 0 saturated carbocycles. The molecule has 0 aromatic heterocycles. The maximum Gasteiger partial charge on any atom is 0.267 e. The van der Waals surface area contributed by atoms with Gasteiger partial charge >= 0.3 is 0 Å². The van der Waals surface area contributed by atoms with Gasteiger partial charge in [-0.05, 0) is 56.3 Å². The van der Waals surface area contributed by atoms with E-state index in [2.05, 4.69) is 5.32 Å². The number of nitrogens with one attached hydrogen (secondary N) is 1. The molecule has 9 nitrogen and oxygen atoms in total. The van der Waals surface area contributed by atoms with Crippen LogP contribution in [0.15, 0.2) is 42.5 Å². The second-order valence-corrected chi connectivity index (χ2v) is 9.75. The first kappa shape index (κ1) is 23.3. The van der Waals surface area contributed by atoms with Crippen molar-refractivity contribution < 1.29 is 32.3 Å². The lowest BCUT2D eigenvalue weighted by Crippen LogP contribution is -2.42. The van der Waals surface area contributed by atoms with Gasteiger partial charge in [0, 0.05) is 18.3 Å². The van der Waals surface area contributed by atoms with Gasteiger partial charge in [0.25, 0.3) is 5.91 Å². The lowest BCUT2D eigenvalue weighted by molar-refractivity contribution is -0.125. The number of ketones is 1. The highest BCUT2D eigenvalue weighted by atomic mass is 32.2. The van der Waals surface area contributed by atoms with E-state index in [0.717, 1.165) is 0 Å². The number of hydrogen-bond donors (Lipinski definition) is 1. The summed E-state index contributed by atoms with van der Waals surface area (Å²) < 4.78 is 36.0. The molecule has 0 saturated heterocycles. The van der Waals surface area contributed by atoms with Crippen molar-refractivity contribution in [2.45, 2.75) is 25.2 Å². The van der Waals surface area contributed by atoms with Crippen molar-refractivity contribution in [1.29, 1.82) is 0 Å². The van der Waals surface area contributed by atoms with Gasteiger partial charge in [-0.1, -0.05) is 0 Å². The van der Waals surface area contributed by atoms with E-state index >= 15 is 0 Å². The van der Waals surface area contributed by atoms with Crippen LogP contribution in [-0.4, -0.2) is 57.3 Å². The first-order valence-electron chi connectivity index (χ1n) is 9.81. The lowest BCUT2D eigenvalue weighted by atomic mass is 10.1. The summed E-state index contributed by atoms with van der Waals surface area (Å²) in [4.78, 5) is 38.6. The van der Waals surface area contributed by atoms with Crippen LogP contribution in [0.2, 0.25) is 0 Å². The third-order valence-corrected chi connectivity index (χ3v) is 7.16. The van der Waals surface area contributed by atoms with Gasteiger partial charge in [-0.25, -0.2) is 8.42 Å². The van der Waals surface area contributed by atoms with Crippen LogP contribution in [-0.2, 0) is 19.4 Å².